The lowest BCUT2D eigenvalue weighted by atomic mass is 9.71. The molecule has 236 valence electrons. The minimum Gasteiger partial charge on any atom is -0.0761 e. The van der Waals surface area contributed by atoms with Crippen LogP contribution < -0.4 is 0 Å². The van der Waals surface area contributed by atoms with Crippen LogP contribution in [0.1, 0.15) is 17.0 Å². The van der Waals surface area contributed by atoms with Gasteiger partial charge >= 0.3 is 0 Å². The average molecular weight is 767 g/mol. The van der Waals surface area contributed by atoms with E-state index in [1.165, 1.54) is 87.3 Å². The summed E-state index contributed by atoms with van der Waals surface area (Å²) in [5, 5.41) is 12.6. The Morgan fingerprint density at radius 2 is 0.820 bits per heavy atom. The molecule has 2 aliphatic rings. The van der Waals surface area contributed by atoms with Crippen LogP contribution in [0.4, 0.5) is 0 Å². The van der Waals surface area contributed by atoms with Gasteiger partial charge in [0.05, 0.1) is 0 Å². The molecule has 2 heteroatoms. The van der Waals surface area contributed by atoms with Gasteiger partial charge in [-0.15, -0.1) is 0 Å². The summed E-state index contributed by atoms with van der Waals surface area (Å²) in [7, 11) is 0. The molecule has 0 radical (unpaired) electrons. The highest BCUT2D eigenvalue weighted by atomic mass is 79.9. The first kappa shape index (κ1) is 29.9. The molecule has 0 aromatic heterocycles. The summed E-state index contributed by atoms with van der Waals surface area (Å²) in [6, 6.07) is 49.0. The van der Waals surface area contributed by atoms with Gasteiger partial charge in [-0.25, -0.2) is 0 Å². The largest absolute Gasteiger partial charge is 0.0761 e. The number of rotatable bonds is 3. The van der Waals surface area contributed by atoms with Gasteiger partial charge < -0.3 is 0 Å². The lowest BCUT2D eigenvalue weighted by Crippen LogP contribution is -2.17. The maximum atomic E-state index is 3.96. The smallest absolute Gasteiger partial charge is 0.0332 e. The molecule has 0 amide bonds. The molecule has 0 heterocycles. The van der Waals surface area contributed by atoms with Crippen molar-refractivity contribution in [2.75, 3.05) is 0 Å². The fraction of sp³-hybridized carbons (Fsp3) is 0.0417. The molecule has 8 aromatic carbocycles. The predicted octanol–water partition coefficient (Wildman–Crippen LogP) is 14.5. The van der Waals surface area contributed by atoms with E-state index in [0.29, 0.717) is 0 Å². The molecule has 0 saturated carbocycles. The van der Waals surface area contributed by atoms with E-state index >= 15 is 0 Å². The van der Waals surface area contributed by atoms with Crippen LogP contribution in [0.25, 0.3) is 70.6 Å². The molecule has 0 bridgehead atoms. The zero-order valence-electron chi connectivity index (χ0n) is 27.1. The molecule has 2 aliphatic carbocycles. The van der Waals surface area contributed by atoms with Gasteiger partial charge in [0.2, 0.25) is 0 Å². The van der Waals surface area contributed by atoms with Crippen molar-refractivity contribution >= 4 is 91.3 Å². The van der Waals surface area contributed by atoms with Crippen LogP contribution in [0.15, 0.2) is 184 Å². The minimum atomic E-state index is 0.195. The molecule has 2 unspecified atom stereocenters. The minimum absolute atomic E-state index is 0.195. The molecule has 0 N–H and O–H groups in total. The first-order valence-electron chi connectivity index (χ1n) is 17.2. The molecular weight excluding hydrogens is 736 g/mol. The number of hydrogen-bond donors (Lipinski definition) is 0. The normalized spacial score (nSPS) is 17.1. The van der Waals surface area contributed by atoms with Crippen molar-refractivity contribution in [2.24, 2.45) is 5.92 Å². The Morgan fingerprint density at radius 1 is 0.360 bits per heavy atom. The van der Waals surface area contributed by atoms with E-state index in [1.54, 1.807) is 0 Å². The van der Waals surface area contributed by atoms with Crippen LogP contribution in [0, 0.1) is 5.92 Å². The highest BCUT2D eigenvalue weighted by molar-refractivity contribution is 9.11. The Morgan fingerprint density at radius 3 is 1.36 bits per heavy atom. The highest BCUT2D eigenvalue weighted by Crippen LogP contribution is 2.50. The maximum absolute atomic E-state index is 3.96. The highest BCUT2D eigenvalue weighted by Gasteiger charge is 2.31. The van der Waals surface area contributed by atoms with Crippen LogP contribution in [0.3, 0.4) is 0 Å². The van der Waals surface area contributed by atoms with Crippen molar-refractivity contribution in [3.63, 3.8) is 0 Å². The van der Waals surface area contributed by atoms with Crippen molar-refractivity contribution in [1.29, 1.82) is 0 Å². The molecular formula is C48H30Br2. The molecule has 0 spiro atoms. The second-order valence-corrected chi connectivity index (χ2v) is 14.9. The number of halogens is 2. The van der Waals surface area contributed by atoms with Gasteiger partial charge in [0, 0.05) is 20.8 Å². The predicted molar refractivity (Wildman–Crippen MR) is 222 cm³/mol. The average Bonchev–Trinajstić information content (AvgIpc) is 3.18. The fourth-order valence-corrected chi connectivity index (χ4v) is 10.0. The Bertz CT molecular complexity index is 2730. The molecule has 0 nitrogen and oxygen atoms in total. The van der Waals surface area contributed by atoms with Gasteiger partial charge in [-0.3, -0.25) is 0 Å². The van der Waals surface area contributed by atoms with Gasteiger partial charge in [-0.1, -0.05) is 170 Å². The molecule has 8 aromatic rings. The van der Waals surface area contributed by atoms with Gasteiger partial charge in [0.25, 0.3) is 0 Å². The van der Waals surface area contributed by atoms with Crippen LogP contribution >= 0.6 is 31.9 Å². The van der Waals surface area contributed by atoms with E-state index in [2.05, 4.69) is 202 Å². The Hall–Kier alpha value is -5.02. The van der Waals surface area contributed by atoms with E-state index < -0.39 is 0 Å². The Kier molecular flexibility index (Phi) is 7.05. The summed E-state index contributed by atoms with van der Waals surface area (Å²) < 4.78 is 2.31. The SMILES string of the molecule is Brc1c2ccccc2c(C2=C3C=CC=CC3C(c3ccc(-c4c5ccccc5c(Br)c5ccccc45)c4ccccc34)C=C2)c2ccccc12. The fourth-order valence-electron chi connectivity index (χ4n) is 8.64. The zero-order valence-corrected chi connectivity index (χ0v) is 30.2. The summed E-state index contributed by atoms with van der Waals surface area (Å²) >= 11 is 7.92. The van der Waals surface area contributed by atoms with Crippen molar-refractivity contribution in [3.8, 4) is 11.1 Å². The summed E-state index contributed by atoms with van der Waals surface area (Å²) in [4.78, 5) is 0. The molecule has 2 atom stereocenters. The third-order valence-electron chi connectivity index (χ3n) is 10.8. The standard InChI is InChI=1S/C48H30Br2/c49-47-41-21-9-5-17-35(41)45(36-18-6-10-22-42(36)47)39-27-25-33(29-13-1-3-15-31(29)39)34-26-28-40(32-16-4-2-14-30(32)34)46-37-19-7-11-23-43(37)48(50)44-24-12-8-20-38(44)46/h1-29,33H. The summed E-state index contributed by atoms with van der Waals surface area (Å²) in [6.45, 7) is 0. The third-order valence-corrected chi connectivity index (χ3v) is 12.5. The zero-order chi connectivity index (χ0) is 33.3. The van der Waals surface area contributed by atoms with Crippen LogP contribution in [-0.4, -0.2) is 0 Å². The maximum Gasteiger partial charge on any atom is 0.0332 e. The molecule has 10 rings (SSSR count). The van der Waals surface area contributed by atoms with E-state index in [-0.39, 0.29) is 11.8 Å². The van der Waals surface area contributed by atoms with Crippen molar-refractivity contribution in [1.82, 2.24) is 0 Å². The quantitative estimate of drug-likeness (QED) is 0.157. The Labute approximate surface area is 308 Å². The second kappa shape index (κ2) is 11.8. The van der Waals surface area contributed by atoms with E-state index in [9.17, 15) is 0 Å². The molecule has 0 saturated heterocycles. The summed E-state index contributed by atoms with van der Waals surface area (Å²) in [5.41, 5.74) is 7.91. The first-order valence-corrected chi connectivity index (χ1v) is 18.7. The summed E-state index contributed by atoms with van der Waals surface area (Å²) in [6.07, 6.45) is 14.1. The molecule has 50 heavy (non-hydrogen) atoms. The first-order chi connectivity index (χ1) is 24.7. The topological polar surface area (TPSA) is 0 Å². The van der Waals surface area contributed by atoms with Crippen LogP contribution in [0.5, 0.6) is 0 Å². The van der Waals surface area contributed by atoms with Crippen molar-refractivity contribution in [2.45, 2.75) is 5.92 Å². The lowest BCUT2D eigenvalue weighted by molar-refractivity contribution is 0.678. The van der Waals surface area contributed by atoms with Gasteiger partial charge in [-0.05, 0) is 119 Å². The number of benzene rings is 8. The number of hydrogen-bond acceptors (Lipinski definition) is 0. The summed E-state index contributed by atoms with van der Waals surface area (Å²) in [5.74, 6) is 0.407. The Balaban J connectivity index is 1.19. The van der Waals surface area contributed by atoms with Crippen LogP contribution in [-0.2, 0) is 0 Å². The number of allylic oxidation sites excluding steroid dienone is 8. The van der Waals surface area contributed by atoms with Crippen LogP contribution in [0.2, 0.25) is 0 Å². The molecule has 0 fully saturated rings. The monoisotopic (exact) mass is 764 g/mol. The van der Waals surface area contributed by atoms with E-state index in [4.69, 9.17) is 0 Å². The van der Waals surface area contributed by atoms with Gasteiger partial charge in [-0.2, -0.15) is 0 Å². The van der Waals surface area contributed by atoms with E-state index in [0.717, 1.165) is 8.95 Å². The van der Waals surface area contributed by atoms with E-state index in [1.807, 2.05) is 0 Å². The van der Waals surface area contributed by atoms with Gasteiger partial charge in [0.15, 0.2) is 0 Å². The number of fused-ring (bicyclic) bond motifs is 6. The third kappa shape index (κ3) is 4.42. The molecule has 0 aliphatic heterocycles. The van der Waals surface area contributed by atoms with Gasteiger partial charge in [0.1, 0.15) is 0 Å². The van der Waals surface area contributed by atoms with Crippen molar-refractivity contribution < 1.29 is 0 Å². The second-order valence-electron chi connectivity index (χ2n) is 13.3. The lowest BCUT2D eigenvalue weighted by Gasteiger charge is -2.32. The van der Waals surface area contributed by atoms with Crippen molar-refractivity contribution in [3.05, 3.63) is 196 Å².